The zero-order valence-electron chi connectivity index (χ0n) is 23.0. The van der Waals surface area contributed by atoms with Crippen LogP contribution >= 0.6 is 11.3 Å². The highest BCUT2D eigenvalue weighted by atomic mass is 32.1. The third kappa shape index (κ3) is 6.66. The maximum absolute atomic E-state index is 13.2. The van der Waals surface area contributed by atoms with Gasteiger partial charge in [0.1, 0.15) is 0 Å². The van der Waals surface area contributed by atoms with E-state index in [9.17, 15) is 24.5 Å². The number of non-ortho nitro benzene ring substituents is 1. The molecule has 5 aromatic rings. The van der Waals surface area contributed by atoms with Crippen molar-refractivity contribution >= 4 is 69.6 Å². The Morgan fingerprint density at radius 1 is 1.02 bits per heavy atom. The van der Waals surface area contributed by atoms with Crippen LogP contribution in [0, 0.1) is 10.1 Å². The van der Waals surface area contributed by atoms with E-state index >= 15 is 0 Å². The van der Waals surface area contributed by atoms with Gasteiger partial charge >= 0.3 is 0 Å². The lowest BCUT2D eigenvalue weighted by Gasteiger charge is -2.17. The number of hydrogen-bond acceptors (Lipinski definition) is 7. The Hall–Kier alpha value is -5.62. The Balaban J connectivity index is 1.38. The number of benzene rings is 3. The molecule has 0 aliphatic carbocycles. The number of carbonyl (C=O) groups excluding carboxylic acids is 3. The van der Waals surface area contributed by atoms with Crippen LogP contribution in [0.5, 0.6) is 0 Å². The molecule has 12 heteroatoms. The van der Waals surface area contributed by atoms with E-state index in [0.717, 1.165) is 4.88 Å². The molecule has 0 saturated heterocycles. The molecule has 0 unspecified atom stereocenters. The highest BCUT2D eigenvalue weighted by Crippen LogP contribution is 2.27. The molecule has 0 atom stereocenters. The highest BCUT2D eigenvalue weighted by Gasteiger charge is 2.19. The minimum Gasteiger partial charge on any atom is -0.370 e. The molecule has 0 saturated carbocycles. The quantitative estimate of drug-likeness (QED) is 0.159. The number of nitrogens with zero attached hydrogens (tertiary/aromatic N) is 4. The van der Waals surface area contributed by atoms with Gasteiger partial charge in [0.25, 0.3) is 17.5 Å². The topological polar surface area (TPSA) is 153 Å². The van der Waals surface area contributed by atoms with Crippen molar-refractivity contribution in [1.82, 2.24) is 9.55 Å². The van der Waals surface area contributed by atoms with Crippen LogP contribution in [-0.2, 0) is 11.3 Å². The lowest BCUT2D eigenvalue weighted by atomic mass is 10.2. The van der Waals surface area contributed by atoms with Crippen LogP contribution in [0.1, 0.15) is 36.9 Å². The summed E-state index contributed by atoms with van der Waals surface area (Å²) >= 11 is 1.24. The molecule has 2 aromatic heterocycles. The molecule has 2 heterocycles. The van der Waals surface area contributed by atoms with Gasteiger partial charge in [-0.3, -0.25) is 29.8 Å². The number of nitro groups is 1. The van der Waals surface area contributed by atoms with E-state index in [1.54, 1.807) is 90.5 Å². The van der Waals surface area contributed by atoms with E-state index in [1.165, 1.54) is 28.4 Å². The van der Waals surface area contributed by atoms with E-state index in [0.29, 0.717) is 32.7 Å². The summed E-state index contributed by atoms with van der Waals surface area (Å²) in [6.45, 7) is 0.196. The summed E-state index contributed by atoms with van der Waals surface area (Å²) in [5.41, 5.74) is 8.39. The number of hydrogen-bond donors (Lipinski definition) is 2. The fraction of sp³-hybridized carbons (Fsp3) is 0.0968. The number of aryl methyl sites for hydroxylation is 1. The molecule has 11 nitrogen and oxygen atoms in total. The standard InChI is InChI=1S/C31H26N6O5S/c1-35(30(40)21-7-3-2-4-8-21)22-11-14-26-25(19-22)33-31(36(26)17-16-28(32)38)34-29(39)27-15-13-24(43-27)12-10-20-6-5-9-23(18-20)37(41)42/h2-15,18-19H,16-17H2,1H3,(H2,32,38)(H,33,34,39)/b12-10+. The molecular weight excluding hydrogens is 568 g/mol. The van der Waals surface area contributed by atoms with Crippen molar-refractivity contribution in [2.45, 2.75) is 13.0 Å². The Morgan fingerprint density at radius 2 is 1.81 bits per heavy atom. The van der Waals surface area contributed by atoms with Gasteiger partial charge < -0.3 is 15.2 Å². The van der Waals surface area contributed by atoms with Crippen molar-refractivity contribution in [3.8, 4) is 0 Å². The number of anilines is 2. The van der Waals surface area contributed by atoms with Gasteiger partial charge in [0.15, 0.2) is 0 Å². The molecule has 0 aliphatic heterocycles. The lowest BCUT2D eigenvalue weighted by molar-refractivity contribution is -0.384. The Kier molecular flexibility index (Phi) is 8.39. The summed E-state index contributed by atoms with van der Waals surface area (Å²) in [4.78, 5) is 55.7. The van der Waals surface area contributed by atoms with Crippen molar-refractivity contribution in [2.75, 3.05) is 17.3 Å². The van der Waals surface area contributed by atoms with Crippen molar-refractivity contribution < 1.29 is 19.3 Å². The molecule has 0 fully saturated rings. The largest absolute Gasteiger partial charge is 0.370 e. The first-order chi connectivity index (χ1) is 20.7. The molecular formula is C31H26N6O5S. The number of nitro benzene ring substituents is 1. The molecule has 3 amide bonds. The number of amides is 3. The lowest BCUT2D eigenvalue weighted by Crippen LogP contribution is -2.26. The molecule has 3 N–H and O–H groups in total. The van der Waals surface area contributed by atoms with E-state index in [2.05, 4.69) is 10.3 Å². The first kappa shape index (κ1) is 28.9. The number of fused-ring (bicyclic) bond motifs is 1. The second-order valence-corrected chi connectivity index (χ2v) is 10.7. The minimum atomic E-state index is -0.498. The highest BCUT2D eigenvalue weighted by molar-refractivity contribution is 7.15. The Morgan fingerprint density at radius 3 is 2.56 bits per heavy atom. The Labute approximate surface area is 250 Å². The predicted octanol–water partition coefficient (Wildman–Crippen LogP) is 5.58. The van der Waals surface area contributed by atoms with Crippen molar-refractivity contribution in [3.63, 3.8) is 0 Å². The summed E-state index contributed by atoms with van der Waals surface area (Å²) < 4.78 is 1.71. The number of nitrogens with one attached hydrogen (secondary N) is 1. The van der Waals surface area contributed by atoms with Crippen LogP contribution in [0.15, 0.2) is 84.9 Å². The van der Waals surface area contributed by atoms with Crippen molar-refractivity contribution in [2.24, 2.45) is 5.73 Å². The van der Waals surface area contributed by atoms with Gasteiger partial charge in [0, 0.05) is 48.3 Å². The van der Waals surface area contributed by atoms with Crippen LogP contribution in [0.3, 0.4) is 0 Å². The molecule has 0 aliphatic rings. The second kappa shape index (κ2) is 12.5. The van der Waals surface area contributed by atoms with E-state index in [4.69, 9.17) is 5.73 Å². The van der Waals surface area contributed by atoms with Crippen LogP contribution in [0.25, 0.3) is 23.2 Å². The maximum Gasteiger partial charge on any atom is 0.270 e. The summed E-state index contributed by atoms with van der Waals surface area (Å²) in [5.74, 6) is -0.846. The number of imidazole rings is 1. The first-order valence-corrected chi connectivity index (χ1v) is 14.0. The van der Waals surface area contributed by atoms with Crippen molar-refractivity contribution in [3.05, 3.63) is 116 Å². The van der Waals surface area contributed by atoms with Crippen LogP contribution in [0.2, 0.25) is 0 Å². The van der Waals surface area contributed by atoms with Gasteiger partial charge in [0.2, 0.25) is 11.9 Å². The predicted molar refractivity (Wildman–Crippen MR) is 167 cm³/mol. The average Bonchev–Trinajstić information content (AvgIpc) is 3.63. The maximum atomic E-state index is 13.2. The van der Waals surface area contributed by atoms with E-state index < -0.39 is 16.7 Å². The summed E-state index contributed by atoms with van der Waals surface area (Å²) in [7, 11) is 1.67. The van der Waals surface area contributed by atoms with Crippen molar-refractivity contribution in [1.29, 1.82) is 0 Å². The Bertz CT molecular complexity index is 1880. The fourth-order valence-electron chi connectivity index (χ4n) is 4.41. The molecule has 3 aromatic carbocycles. The second-order valence-electron chi connectivity index (χ2n) is 9.55. The SMILES string of the molecule is CN(C(=O)c1ccccc1)c1ccc2c(c1)nc(NC(=O)c1ccc(/C=C/c3cccc([N+](=O)[O-])c3)s1)n2CCC(N)=O. The zero-order valence-corrected chi connectivity index (χ0v) is 23.8. The fourth-order valence-corrected chi connectivity index (χ4v) is 5.22. The average molecular weight is 595 g/mol. The van der Waals surface area contributed by atoms with Crippen LogP contribution in [-0.4, -0.2) is 39.2 Å². The van der Waals surface area contributed by atoms with Gasteiger partial charge in [-0.2, -0.15) is 0 Å². The first-order valence-electron chi connectivity index (χ1n) is 13.1. The van der Waals surface area contributed by atoms with E-state index in [1.807, 2.05) is 6.07 Å². The monoisotopic (exact) mass is 594 g/mol. The summed E-state index contributed by atoms with van der Waals surface area (Å²) in [5, 5.41) is 13.9. The summed E-state index contributed by atoms with van der Waals surface area (Å²) in [6, 6.07) is 23.9. The molecule has 0 bridgehead atoms. The van der Waals surface area contributed by atoms with Crippen LogP contribution < -0.4 is 16.0 Å². The van der Waals surface area contributed by atoms with Crippen LogP contribution in [0.4, 0.5) is 17.3 Å². The molecule has 5 rings (SSSR count). The molecule has 43 heavy (non-hydrogen) atoms. The van der Waals surface area contributed by atoms with Gasteiger partial charge in [-0.05, 0) is 54.1 Å². The normalized spacial score (nSPS) is 11.1. The molecule has 216 valence electrons. The third-order valence-electron chi connectivity index (χ3n) is 6.62. The minimum absolute atomic E-state index is 0.00539. The molecule has 0 radical (unpaired) electrons. The number of rotatable bonds is 10. The number of thiophene rings is 1. The van der Waals surface area contributed by atoms with Gasteiger partial charge in [-0.1, -0.05) is 36.4 Å². The third-order valence-corrected chi connectivity index (χ3v) is 7.67. The number of nitrogens with two attached hydrogens (primary N) is 1. The van der Waals surface area contributed by atoms with E-state index in [-0.39, 0.29) is 30.5 Å². The summed E-state index contributed by atoms with van der Waals surface area (Å²) in [6.07, 6.45) is 3.55. The van der Waals surface area contributed by atoms with Gasteiger partial charge in [0.05, 0.1) is 20.8 Å². The van der Waals surface area contributed by atoms with Gasteiger partial charge in [-0.25, -0.2) is 4.98 Å². The number of primary amides is 1. The zero-order chi connectivity index (χ0) is 30.5. The number of carbonyl (C=O) groups is 3. The van der Waals surface area contributed by atoms with Gasteiger partial charge in [-0.15, -0.1) is 11.3 Å². The number of aromatic nitrogens is 2. The smallest absolute Gasteiger partial charge is 0.270 e. The molecule has 0 spiro atoms.